The van der Waals surface area contributed by atoms with Gasteiger partial charge in [0.25, 0.3) is 0 Å². The average molecular weight is 473 g/mol. The summed E-state index contributed by atoms with van der Waals surface area (Å²) in [5.74, 6) is 2.05. The van der Waals surface area contributed by atoms with Crippen LogP contribution in [0.15, 0.2) is 16.7 Å². The second kappa shape index (κ2) is 11.7. The number of carbonyl (C=O) groups is 1. The molecule has 0 fully saturated rings. The minimum atomic E-state index is -0.320. The van der Waals surface area contributed by atoms with Crippen molar-refractivity contribution in [1.29, 1.82) is 0 Å². The van der Waals surface area contributed by atoms with Gasteiger partial charge in [0.1, 0.15) is 5.76 Å². The number of hydrogen-bond donors (Lipinski definition) is 3. The van der Waals surface area contributed by atoms with Gasteiger partial charge in [-0.25, -0.2) is 24.7 Å². The van der Waals surface area contributed by atoms with Crippen LogP contribution in [0.5, 0.6) is 0 Å². The Hall–Kier alpha value is -3.05. The monoisotopic (exact) mass is 472 g/mol. The molecule has 0 aliphatic carbocycles. The van der Waals surface area contributed by atoms with Crippen LogP contribution < -0.4 is 16.0 Å². The highest BCUT2D eigenvalue weighted by Gasteiger charge is 2.15. The van der Waals surface area contributed by atoms with Gasteiger partial charge in [-0.3, -0.25) is 5.32 Å². The van der Waals surface area contributed by atoms with E-state index in [1.54, 1.807) is 6.20 Å². The number of hydrogen-bond acceptors (Lipinski definition) is 9. The largest absolute Gasteiger partial charge is 0.446 e. The number of aromatic nitrogens is 4. The van der Waals surface area contributed by atoms with Gasteiger partial charge in [0.05, 0.1) is 22.5 Å². The first kappa shape index (κ1) is 24.6. The van der Waals surface area contributed by atoms with E-state index < -0.39 is 0 Å². The molecule has 0 bridgehead atoms. The lowest BCUT2D eigenvalue weighted by Gasteiger charge is -2.10. The summed E-state index contributed by atoms with van der Waals surface area (Å²) in [4.78, 5) is 33.1. The van der Waals surface area contributed by atoms with Gasteiger partial charge >= 0.3 is 6.03 Å². The maximum Gasteiger partial charge on any atom is 0.321 e. The molecule has 0 saturated heterocycles. The predicted octanol–water partition coefficient (Wildman–Crippen LogP) is 3.50. The Morgan fingerprint density at radius 3 is 2.73 bits per heavy atom. The Morgan fingerprint density at radius 2 is 2.00 bits per heavy atom. The van der Waals surface area contributed by atoms with E-state index in [2.05, 4.69) is 54.9 Å². The van der Waals surface area contributed by atoms with Crippen molar-refractivity contribution in [2.75, 3.05) is 44.4 Å². The Morgan fingerprint density at radius 1 is 1.18 bits per heavy atom. The Labute approximate surface area is 198 Å². The number of rotatable bonds is 11. The summed E-state index contributed by atoms with van der Waals surface area (Å²) in [5.41, 5.74) is 2.46. The van der Waals surface area contributed by atoms with Gasteiger partial charge in [-0.2, -0.15) is 0 Å². The van der Waals surface area contributed by atoms with Crippen LogP contribution in [-0.4, -0.2) is 64.6 Å². The van der Waals surface area contributed by atoms with Crippen molar-refractivity contribution < 1.29 is 9.21 Å². The summed E-state index contributed by atoms with van der Waals surface area (Å²) in [6, 6.07) is 1.61. The lowest BCUT2D eigenvalue weighted by molar-refractivity contribution is 0.252. The number of amides is 2. The van der Waals surface area contributed by atoms with Crippen LogP contribution in [0.2, 0.25) is 0 Å². The summed E-state index contributed by atoms with van der Waals surface area (Å²) in [5, 5.41) is 9.42. The summed E-state index contributed by atoms with van der Waals surface area (Å²) in [6.45, 7) is 8.06. The maximum absolute atomic E-state index is 12.3. The van der Waals surface area contributed by atoms with Crippen LogP contribution in [0.1, 0.15) is 36.4 Å². The van der Waals surface area contributed by atoms with Crippen LogP contribution in [0, 0.1) is 13.8 Å². The van der Waals surface area contributed by atoms with Gasteiger partial charge in [-0.05, 0) is 47.0 Å². The summed E-state index contributed by atoms with van der Waals surface area (Å²) in [6.07, 6.45) is 4.04. The smallest absolute Gasteiger partial charge is 0.321 e. The topological polar surface area (TPSA) is 121 Å². The van der Waals surface area contributed by atoms with Crippen molar-refractivity contribution in [3.05, 3.63) is 35.3 Å². The number of thiazole rings is 1. The molecule has 0 aliphatic rings. The number of carbonyl (C=O) groups excluding carboxylic acids is 1. The lowest BCUT2D eigenvalue weighted by Crippen LogP contribution is -2.30. The van der Waals surface area contributed by atoms with Crippen molar-refractivity contribution in [2.24, 2.45) is 0 Å². The van der Waals surface area contributed by atoms with Crippen molar-refractivity contribution in [2.45, 2.75) is 40.0 Å². The molecule has 0 aliphatic heterocycles. The van der Waals surface area contributed by atoms with Crippen molar-refractivity contribution in [3.63, 3.8) is 0 Å². The van der Waals surface area contributed by atoms with E-state index in [1.807, 2.05) is 26.8 Å². The van der Waals surface area contributed by atoms with E-state index in [4.69, 9.17) is 4.42 Å². The van der Waals surface area contributed by atoms with Gasteiger partial charge < -0.3 is 20.0 Å². The van der Waals surface area contributed by atoms with Gasteiger partial charge in [0.15, 0.2) is 11.0 Å². The van der Waals surface area contributed by atoms with Gasteiger partial charge in [-0.15, -0.1) is 0 Å². The lowest BCUT2D eigenvalue weighted by atomic mass is 10.2. The van der Waals surface area contributed by atoms with E-state index in [-0.39, 0.29) is 6.03 Å². The second-order valence-electron chi connectivity index (χ2n) is 7.94. The highest BCUT2D eigenvalue weighted by Crippen LogP contribution is 2.32. The number of nitrogens with one attached hydrogen (secondary N) is 3. The molecule has 3 rings (SSSR count). The molecule has 0 aromatic carbocycles. The molecule has 11 heteroatoms. The summed E-state index contributed by atoms with van der Waals surface area (Å²) < 4.78 is 5.55. The van der Waals surface area contributed by atoms with Crippen LogP contribution in [0.3, 0.4) is 0 Å². The molecule has 2 amide bonds. The fourth-order valence-electron chi connectivity index (χ4n) is 3.10. The fourth-order valence-corrected chi connectivity index (χ4v) is 4.02. The number of urea groups is 1. The molecule has 178 valence electrons. The fraction of sp³-hybridized carbons (Fsp3) is 0.500. The Bertz CT molecular complexity index is 1060. The molecule has 3 aromatic rings. The predicted molar refractivity (Wildman–Crippen MR) is 131 cm³/mol. The van der Waals surface area contributed by atoms with Gasteiger partial charge in [-0.1, -0.05) is 18.3 Å². The molecule has 0 unspecified atom stereocenters. The van der Waals surface area contributed by atoms with Crippen LogP contribution in [0.4, 0.5) is 15.9 Å². The van der Waals surface area contributed by atoms with E-state index >= 15 is 0 Å². The molecular weight excluding hydrogens is 440 g/mol. The van der Waals surface area contributed by atoms with Crippen molar-refractivity contribution in [1.82, 2.24) is 30.2 Å². The third kappa shape index (κ3) is 7.50. The standard InChI is InChI=1S/C22H32N8O2S/c1-6-16-13-25-18(32-16)8-10-24-21(31)29-22-27-15(3)19(33-22)17-12-14(2)26-20(28-17)23-9-7-11-30(4)5/h12-13H,6-11H2,1-5H3,(H,23,26,28)(H2,24,27,29,31). The molecule has 3 aromatic heterocycles. The van der Waals surface area contributed by atoms with Crippen LogP contribution >= 0.6 is 11.3 Å². The zero-order chi connectivity index (χ0) is 23.8. The summed E-state index contributed by atoms with van der Waals surface area (Å²) in [7, 11) is 4.11. The number of oxazole rings is 1. The van der Waals surface area contributed by atoms with Gasteiger partial charge in [0.2, 0.25) is 5.95 Å². The van der Waals surface area contributed by atoms with Gasteiger partial charge in [0, 0.05) is 31.6 Å². The minimum Gasteiger partial charge on any atom is -0.446 e. The normalized spacial score (nSPS) is 11.1. The number of nitrogens with zero attached hydrogens (tertiary/aromatic N) is 5. The Balaban J connectivity index is 1.57. The van der Waals surface area contributed by atoms with Crippen LogP contribution in [0.25, 0.3) is 10.6 Å². The SMILES string of the molecule is CCc1cnc(CCNC(=O)Nc2nc(C)c(-c3cc(C)nc(NCCCN(C)C)n3)s2)o1. The minimum absolute atomic E-state index is 0.320. The molecule has 3 N–H and O–H groups in total. The maximum atomic E-state index is 12.3. The third-order valence-corrected chi connectivity index (χ3v) is 5.84. The molecule has 0 saturated carbocycles. The van der Waals surface area contributed by atoms with E-state index in [9.17, 15) is 4.79 Å². The quantitative estimate of drug-likeness (QED) is 0.363. The van der Waals surface area contributed by atoms with Crippen molar-refractivity contribution >= 4 is 28.4 Å². The molecule has 33 heavy (non-hydrogen) atoms. The van der Waals surface area contributed by atoms with Crippen LogP contribution in [-0.2, 0) is 12.8 Å². The van der Waals surface area contributed by atoms with E-state index in [0.717, 1.165) is 53.7 Å². The highest BCUT2D eigenvalue weighted by molar-refractivity contribution is 7.19. The highest BCUT2D eigenvalue weighted by atomic mass is 32.1. The molecule has 10 nitrogen and oxygen atoms in total. The zero-order valence-corrected chi connectivity index (χ0v) is 20.7. The van der Waals surface area contributed by atoms with E-state index in [1.165, 1.54) is 11.3 Å². The first-order valence-corrected chi connectivity index (χ1v) is 11.9. The Kier molecular flexibility index (Phi) is 8.72. The number of anilines is 2. The van der Waals surface area contributed by atoms with Crippen molar-refractivity contribution in [3.8, 4) is 10.6 Å². The molecule has 0 radical (unpaired) electrons. The average Bonchev–Trinajstić information content (AvgIpc) is 3.36. The third-order valence-electron chi connectivity index (χ3n) is 4.74. The summed E-state index contributed by atoms with van der Waals surface area (Å²) >= 11 is 1.39. The second-order valence-corrected chi connectivity index (χ2v) is 8.94. The number of aryl methyl sites for hydroxylation is 3. The molecule has 0 spiro atoms. The molecule has 0 atom stereocenters. The zero-order valence-electron chi connectivity index (χ0n) is 19.9. The molecular formula is C22H32N8O2S. The first-order valence-electron chi connectivity index (χ1n) is 11.0. The van der Waals surface area contributed by atoms with E-state index in [0.29, 0.717) is 29.9 Å². The molecule has 3 heterocycles. The first-order chi connectivity index (χ1) is 15.8.